The van der Waals surface area contributed by atoms with Gasteiger partial charge >= 0.3 is 0 Å². The lowest BCUT2D eigenvalue weighted by molar-refractivity contribution is -0.120. The van der Waals surface area contributed by atoms with Gasteiger partial charge in [-0.1, -0.05) is 55.5 Å². The molecule has 0 saturated heterocycles. The van der Waals surface area contributed by atoms with E-state index < -0.39 is 28.4 Å². The molecule has 0 aliphatic heterocycles. The van der Waals surface area contributed by atoms with Crippen molar-refractivity contribution >= 4 is 38.9 Å². The van der Waals surface area contributed by atoms with E-state index in [4.69, 9.17) is 4.74 Å². The second-order valence-electron chi connectivity index (χ2n) is 12.5. The fourth-order valence-electron chi connectivity index (χ4n) is 5.55. The molecule has 0 fully saturated rings. The highest BCUT2D eigenvalue weighted by atomic mass is 32.1. The average molecular weight is 688 g/mol. The third-order valence-electron chi connectivity index (χ3n) is 8.21. The van der Waals surface area contributed by atoms with Gasteiger partial charge in [0.2, 0.25) is 11.3 Å². The second kappa shape index (κ2) is 15.3. The van der Waals surface area contributed by atoms with Crippen LogP contribution in [0.15, 0.2) is 83.8 Å². The van der Waals surface area contributed by atoms with Gasteiger partial charge in [0.05, 0.1) is 30.0 Å². The summed E-state index contributed by atoms with van der Waals surface area (Å²) < 4.78 is 36.4. The molecule has 3 N–H and O–H groups in total. The number of aromatic nitrogens is 1. The van der Waals surface area contributed by atoms with E-state index in [9.17, 15) is 28.3 Å². The van der Waals surface area contributed by atoms with Gasteiger partial charge in [-0.15, -0.1) is 11.3 Å². The Bertz CT molecular complexity index is 2000. The summed E-state index contributed by atoms with van der Waals surface area (Å²) in [5.41, 5.74) is 0.0966. The summed E-state index contributed by atoms with van der Waals surface area (Å²) in [6.45, 7) is 5.16. The van der Waals surface area contributed by atoms with Gasteiger partial charge in [-0.2, -0.15) is 0 Å². The number of carbonyl (C=O) groups excluding carboxylic acids is 2. The summed E-state index contributed by atoms with van der Waals surface area (Å²) in [4.78, 5) is 41.3. The number of pyridine rings is 1. The number of methoxy groups -OCH3 is 1. The first-order valence-corrected chi connectivity index (χ1v) is 16.7. The number of aliphatic hydroxyl groups is 1. The van der Waals surface area contributed by atoms with E-state index in [-0.39, 0.29) is 48.0 Å². The Morgan fingerprint density at radius 3 is 2.29 bits per heavy atom. The van der Waals surface area contributed by atoms with Gasteiger partial charge in [-0.3, -0.25) is 14.4 Å². The number of carbonyl (C=O) groups is 2. The van der Waals surface area contributed by atoms with Crippen LogP contribution < -0.4 is 16.1 Å². The monoisotopic (exact) mass is 687 g/mol. The molecule has 0 radical (unpaired) electrons. The van der Waals surface area contributed by atoms with Gasteiger partial charge in [0.15, 0.2) is 5.78 Å². The van der Waals surface area contributed by atoms with E-state index in [0.29, 0.717) is 27.5 Å². The Morgan fingerprint density at radius 1 is 0.980 bits per heavy atom. The Hall–Kier alpha value is -4.55. The first-order valence-electron chi connectivity index (χ1n) is 15.9. The molecule has 1 atom stereocenters. The highest BCUT2D eigenvalue weighted by molar-refractivity contribution is 7.22. The smallest absolute Gasteiger partial charge is 0.229 e. The van der Waals surface area contributed by atoms with Crippen molar-refractivity contribution in [2.75, 3.05) is 25.6 Å². The molecule has 49 heavy (non-hydrogen) atoms. The predicted molar refractivity (Wildman–Crippen MR) is 189 cm³/mol. The lowest BCUT2D eigenvalue weighted by Gasteiger charge is -2.18. The Morgan fingerprint density at radius 2 is 1.65 bits per heavy atom. The minimum Gasteiger partial charge on any atom is -0.384 e. The van der Waals surface area contributed by atoms with Crippen LogP contribution in [0.25, 0.3) is 20.7 Å². The maximum atomic E-state index is 14.9. The van der Waals surface area contributed by atoms with Gasteiger partial charge in [0, 0.05) is 36.0 Å². The number of ketones is 1. The van der Waals surface area contributed by atoms with Crippen LogP contribution in [-0.4, -0.2) is 47.2 Å². The number of nitrogens with one attached hydrogen (secondary N) is 2. The average Bonchev–Trinajstić information content (AvgIpc) is 3.46. The number of ether oxygens (including phenoxy) is 1. The zero-order valence-electron chi connectivity index (χ0n) is 27.8. The Labute approximate surface area is 287 Å². The van der Waals surface area contributed by atoms with Gasteiger partial charge in [-0.25, -0.2) is 8.78 Å². The number of thiophene rings is 1. The molecular weight excluding hydrogens is 648 g/mol. The number of benzene rings is 3. The predicted octanol–water partition coefficient (Wildman–Crippen LogP) is 6.56. The molecule has 3 aromatic carbocycles. The fraction of sp³-hybridized carbons (Fsp3) is 0.289. The van der Waals surface area contributed by atoms with E-state index in [1.807, 2.05) is 42.5 Å². The molecule has 1 unspecified atom stereocenters. The first kappa shape index (κ1) is 35.7. The molecule has 5 aromatic rings. The van der Waals surface area contributed by atoms with Crippen LogP contribution in [0, 0.1) is 17.6 Å². The zero-order valence-corrected chi connectivity index (χ0v) is 28.6. The third-order valence-corrected chi connectivity index (χ3v) is 9.53. The molecule has 2 aromatic heterocycles. The zero-order chi connectivity index (χ0) is 35.3. The lowest BCUT2D eigenvalue weighted by atomic mass is 9.96. The van der Waals surface area contributed by atoms with Crippen molar-refractivity contribution in [3.63, 3.8) is 0 Å². The molecular formula is C38H39F2N3O5S. The summed E-state index contributed by atoms with van der Waals surface area (Å²) in [7, 11) is 1.53. The summed E-state index contributed by atoms with van der Waals surface area (Å²) in [5, 5.41) is 17.2. The number of nitrogens with zero attached hydrogens (tertiary/aromatic N) is 1. The number of halogens is 2. The Balaban J connectivity index is 1.64. The van der Waals surface area contributed by atoms with Crippen molar-refractivity contribution in [2.24, 2.45) is 5.92 Å². The molecule has 0 spiro atoms. The van der Waals surface area contributed by atoms with Crippen molar-refractivity contribution in [3.8, 4) is 10.4 Å². The standard InChI is InChI=1S/C38H39F2N3O5S/c1-23(22-48-4)36(46)42-26-15-13-25(14-16-26)34-27(19-41-18-17-24-9-6-5-7-10-24)32-33(44)29(35(45)38(2,3)47)21-43(37(32)49-34)20-28-30(39)11-8-12-31(28)40/h5-16,21,23,41,47H,17-20,22H2,1-4H3,(H,42,46). The molecule has 0 aliphatic carbocycles. The highest BCUT2D eigenvalue weighted by Gasteiger charge is 2.31. The van der Waals surface area contributed by atoms with Gasteiger partial charge in [-0.05, 0) is 67.8 Å². The lowest BCUT2D eigenvalue weighted by Crippen LogP contribution is -2.35. The highest BCUT2D eigenvalue weighted by Crippen LogP contribution is 2.39. The van der Waals surface area contributed by atoms with Crippen LogP contribution in [0.3, 0.4) is 0 Å². The molecule has 256 valence electrons. The summed E-state index contributed by atoms with van der Waals surface area (Å²) >= 11 is 1.26. The number of rotatable bonds is 14. The van der Waals surface area contributed by atoms with Crippen molar-refractivity contribution in [2.45, 2.75) is 45.9 Å². The van der Waals surface area contributed by atoms with Crippen LogP contribution in [0.5, 0.6) is 0 Å². The molecule has 2 heterocycles. The largest absolute Gasteiger partial charge is 0.384 e. The van der Waals surface area contributed by atoms with Crippen molar-refractivity contribution in [3.05, 3.63) is 123 Å². The molecule has 1 amide bonds. The van der Waals surface area contributed by atoms with E-state index >= 15 is 0 Å². The first-order chi connectivity index (χ1) is 23.4. The minimum absolute atomic E-state index is 0.193. The number of hydrogen-bond acceptors (Lipinski definition) is 7. The SMILES string of the molecule is COCC(C)C(=O)Nc1ccc(-c2sc3c(c2CNCCc2ccccc2)c(=O)c(C(=O)C(C)(C)O)cn3Cc2c(F)cccc2F)cc1. The number of fused-ring (bicyclic) bond motifs is 1. The summed E-state index contributed by atoms with van der Waals surface area (Å²) in [6, 6.07) is 20.7. The second-order valence-corrected chi connectivity index (χ2v) is 13.5. The molecule has 0 bridgehead atoms. The van der Waals surface area contributed by atoms with Gasteiger partial charge in [0.1, 0.15) is 22.1 Å². The van der Waals surface area contributed by atoms with E-state index in [0.717, 1.165) is 29.7 Å². The number of anilines is 1. The van der Waals surface area contributed by atoms with Gasteiger partial charge in [0.25, 0.3) is 0 Å². The number of amides is 1. The van der Waals surface area contributed by atoms with E-state index in [2.05, 4.69) is 10.6 Å². The molecule has 11 heteroatoms. The van der Waals surface area contributed by atoms with Crippen molar-refractivity contribution in [1.29, 1.82) is 0 Å². The molecule has 8 nitrogen and oxygen atoms in total. The van der Waals surface area contributed by atoms with Crippen LogP contribution in [0.1, 0.15) is 47.8 Å². The molecule has 5 rings (SSSR count). The van der Waals surface area contributed by atoms with Crippen molar-refractivity contribution in [1.82, 2.24) is 9.88 Å². The van der Waals surface area contributed by atoms with Crippen LogP contribution in [-0.2, 0) is 29.0 Å². The number of hydrogen-bond donors (Lipinski definition) is 3. The van der Waals surface area contributed by atoms with Crippen LogP contribution in [0.4, 0.5) is 14.5 Å². The quantitative estimate of drug-likeness (QED) is 0.0901. The maximum absolute atomic E-state index is 14.9. The number of Topliss-reactive ketones (excluding diaryl/α,β-unsaturated/α-hetero) is 1. The molecule has 0 aliphatic rings. The van der Waals surface area contributed by atoms with E-state index in [1.165, 1.54) is 49.1 Å². The van der Waals surface area contributed by atoms with Crippen LogP contribution >= 0.6 is 11.3 Å². The summed E-state index contributed by atoms with van der Waals surface area (Å²) in [6.07, 6.45) is 2.01. The van der Waals surface area contributed by atoms with Crippen LogP contribution in [0.2, 0.25) is 0 Å². The Kier molecular flexibility index (Phi) is 11.2. The van der Waals surface area contributed by atoms with Crippen molar-refractivity contribution < 1.29 is 28.2 Å². The van der Waals surface area contributed by atoms with Gasteiger partial charge < -0.3 is 25.0 Å². The minimum atomic E-state index is -1.87. The third kappa shape index (κ3) is 8.19. The molecule has 0 saturated carbocycles. The maximum Gasteiger partial charge on any atom is 0.229 e. The normalized spacial score (nSPS) is 12.3. The topological polar surface area (TPSA) is 110 Å². The van der Waals surface area contributed by atoms with E-state index in [1.54, 1.807) is 19.1 Å². The fourth-order valence-corrected chi connectivity index (χ4v) is 6.84. The summed E-state index contributed by atoms with van der Waals surface area (Å²) in [5.74, 6) is -2.88.